The highest BCUT2D eigenvalue weighted by Crippen LogP contribution is 2.20. The zero-order valence-electron chi connectivity index (χ0n) is 12.3. The third kappa shape index (κ3) is 3.78. The van der Waals surface area contributed by atoms with Crippen LogP contribution in [0.15, 0.2) is 29.2 Å². The highest BCUT2D eigenvalue weighted by molar-refractivity contribution is 7.89. The summed E-state index contributed by atoms with van der Waals surface area (Å²) in [6.45, 7) is 6.63. The lowest BCUT2D eigenvalue weighted by Gasteiger charge is -2.27. The minimum atomic E-state index is -3.42. The van der Waals surface area contributed by atoms with Crippen molar-refractivity contribution in [3.05, 3.63) is 29.8 Å². The van der Waals surface area contributed by atoms with Crippen LogP contribution in [0.5, 0.6) is 0 Å². The molecule has 0 saturated heterocycles. The van der Waals surface area contributed by atoms with Gasteiger partial charge in [0.15, 0.2) is 0 Å². The summed E-state index contributed by atoms with van der Waals surface area (Å²) in [5.74, 6) is 0.278. The molecule has 0 saturated carbocycles. The molecule has 108 valence electrons. The molecule has 0 amide bonds. The van der Waals surface area contributed by atoms with Gasteiger partial charge in [0, 0.05) is 19.6 Å². The molecule has 0 aliphatic heterocycles. The quantitative estimate of drug-likeness (QED) is 0.870. The van der Waals surface area contributed by atoms with Gasteiger partial charge in [-0.2, -0.15) is 4.31 Å². The molecule has 1 atom stereocenters. The van der Waals surface area contributed by atoms with Crippen LogP contribution in [-0.4, -0.2) is 32.9 Å². The molecular weight excluding hydrogens is 260 g/mol. The maximum atomic E-state index is 12.5. The molecule has 0 aliphatic rings. The van der Waals surface area contributed by atoms with Crippen molar-refractivity contribution in [3.63, 3.8) is 0 Å². The average molecular weight is 284 g/mol. The van der Waals surface area contributed by atoms with Crippen LogP contribution in [-0.2, 0) is 16.6 Å². The number of sulfonamides is 1. The predicted octanol–water partition coefficient (Wildman–Crippen LogP) is 2.07. The topological polar surface area (TPSA) is 49.4 Å². The lowest BCUT2D eigenvalue weighted by molar-refractivity contribution is 0.316. The van der Waals surface area contributed by atoms with Crippen molar-refractivity contribution < 1.29 is 8.42 Å². The first kappa shape index (κ1) is 16.1. The summed E-state index contributed by atoms with van der Waals surface area (Å²) in [6.07, 6.45) is 0. The van der Waals surface area contributed by atoms with Gasteiger partial charge in [-0.25, -0.2) is 8.42 Å². The van der Waals surface area contributed by atoms with Crippen LogP contribution in [0.1, 0.15) is 26.3 Å². The van der Waals surface area contributed by atoms with Crippen LogP contribution in [0.3, 0.4) is 0 Å². The van der Waals surface area contributed by atoms with Crippen molar-refractivity contribution in [1.29, 1.82) is 0 Å². The molecule has 4 nitrogen and oxygen atoms in total. The van der Waals surface area contributed by atoms with Crippen molar-refractivity contribution >= 4 is 10.0 Å². The van der Waals surface area contributed by atoms with Crippen molar-refractivity contribution in [3.8, 4) is 0 Å². The number of rotatable bonds is 6. The van der Waals surface area contributed by atoms with Crippen molar-refractivity contribution in [1.82, 2.24) is 9.62 Å². The van der Waals surface area contributed by atoms with Crippen LogP contribution in [0.25, 0.3) is 0 Å². The van der Waals surface area contributed by atoms with Crippen LogP contribution < -0.4 is 5.32 Å². The van der Waals surface area contributed by atoms with E-state index in [1.54, 1.807) is 25.2 Å². The van der Waals surface area contributed by atoms with Crippen molar-refractivity contribution in [2.75, 3.05) is 14.1 Å². The number of hydrogen-bond acceptors (Lipinski definition) is 3. The van der Waals surface area contributed by atoms with E-state index in [9.17, 15) is 8.42 Å². The van der Waals surface area contributed by atoms with E-state index in [0.717, 1.165) is 5.56 Å². The Kier molecular flexibility index (Phi) is 5.52. The van der Waals surface area contributed by atoms with Gasteiger partial charge in [0.05, 0.1) is 4.90 Å². The molecule has 1 unspecified atom stereocenters. The normalized spacial score (nSPS) is 14.1. The number of hydrogen-bond donors (Lipinski definition) is 1. The number of nitrogens with zero attached hydrogens (tertiary/aromatic N) is 1. The summed E-state index contributed by atoms with van der Waals surface area (Å²) in [4.78, 5) is 0.357. The molecule has 1 N–H and O–H groups in total. The van der Waals surface area contributed by atoms with Crippen LogP contribution in [0.4, 0.5) is 0 Å². The predicted molar refractivity (Wildman–Crippen MR) is 78.5 cm³/mol. The Balaban J connectivity index is 3.09. The third-order valence-electron chi connectivity index (χ3n) is 3.49. The Morgan fingerprint density at radius 2 is 1.89 bits per heavy atom. The SMILES string of the molecule is CNCc1cccc(S(=O)(=O)N(C)C(C)C(C)C)c1. The van der Waals surface area contributed by atoms with E-state index >= 15 is 0 Å². The zero-order chi connectivity index (χ0) is 14.6. The largest absolute Gasteiger partial charge is 0.316 e. The molecule has 1 aromatic rings. The Morgan fingerprint density at radius 1 is 1.26 bits per heavy atom. The fourth-order valence-corrected chi connectivity index (χ4v) is 3.39. The van der Waals surface area contributed by atoms with Gasteiger partial charge in [0.25, 0.3) is 0 Å². The molecule has 5 heteroatoms. The molecule has 0 heterocycles. The van der Waals surface area contributed by atoms with E-state index in [1.165, 1.54) is 4.31 Å². The molecule has 0 spiro atoms. The number of nitrogens with one attached hydrogen (secondary N) is 1. The molecule has 0 bridgehead atoms. The first-order valence-corrected chi connectivity index (χ1v) is 7.96. The Morgan fingerprint density at radius 3 is 2.42 bits per heavy atom. The molecule has 1 rings (SSSR count). The standard InChI is InChI=1S/C14H24N2O2S/c1-11(2)12(3)16(5)19(17,18)14-8-6-7-13(9-14)10-15-4/h6-9,11-12,15H,10H2,1-5H3. The van der Waals surface area contributed by atoms with Gasteiger partial charge in [-0.1, -0.05) is 26.0 Å². The summed E-state index contributed by atoms with van der Waals surface area (Å²) >= 11 is 0. The summed E-state index contributed by atoms with van der Waals surface area (Å²) in [7, 11) is 0.0665. The maximum absolute atomic E-state index is 12.5. The average Bonchev–Trinajstić information content (AvgIpc) is 2.37. The van der Waals surface area contributed by atoms with E-state index in [2.05, 4.69) is 5.32 Å². The molecule has 0 radical (unpaired) electrons. The van der Waals surface area contributed by atoms with Gasteiger partial charge >= 0.3 is 0 Å². The Hall–Kier alpha value is -0.910. The molecule has 0 fully saturated rings. The number of benzene rings is 1. The molecule has 1 aromatic carbocycles. The van der Waals surface area contributed by atoms with Gasteiger partial charge < -0.3 is 5.32 Å². The van der Waals surface area contributed by atoms with E-state index in [0.29, 0.717) is 11.4 Å². The second kappa shape index (κ2) is 6.50. The van der Waals surface area contributed by atoms with E-state index in [4.69, 9.17) is 0 Å². The van der Waals surface area contributed by atoms with Crippen LogP contribution >= 0.6 is 0 Å². The fourth-order valence-electron chi connectivity index (χ4n) is 1.83. The van der Waals surface area contributed by atoms with E-state index in [-0.39, 0.29) is 12.0 Å². The summed E-state index contributed by atoms with van der Waals surface area (Å²) in [5.41, 5.74) is 0.967. The van der Waals surface area contributed by atoms with Gasteiger partial charge in [0.1, 0.15) is 0 Å². The second-order valence-corrected chi connectivity index (χ2v) is 7.18. The van der Waals surface area contributed by atoms with Gasteiger partial charge in [0.2, 0.25) is 10.0 Å². The summed E-state index contributed by atoms with van der Waals surface area (Å²) in [5, 5.41) is 3.02. The highest BCUT2D eigenvalue weighted by Gasteiger charge is 2.26. The molecule has 19 heavy (non-hydrogen) atoms. The van der Waals surface area contributed by atoms with Gasteiger partial charge in [-0.15, -0.1) is 0 Å². The maximum Gasteiger partial charge on any atom is 0.243 e. The summed E-state index contributed by atoms with van der Waals surface area (Å²) in [6, 6.07) is 7.06. The van der Waals surface area contributed by atoms with E-state index in [1.807, 2.05) is 33.9 Å². The van der Waals surface area contributed by atoms with E-state index < -0.39 is 10.0 Å². The second-order valence-electron chi connectivity index (χ2n) is 5.18. The van der Waals surface area contributed by atoms with Gasteiger partial charge in [-0.05, 0) is 37.6 Å². The first-order valence-electron chi connectivity index (χ1n) is 6.52. The van der Waals surface area contributed by atoms with Crippen LogP contribution in [0, 0.1) is 5.92 Å². The summed E-state index contributed by atoms with van der Waals surface area (Å²) < 4.78 is 26.5. The van der Waals surface area contributed by atoms with Crippen molar-refractivity contribution in [2.24, 2.45) is 5.92 Å². The first-order chi connectivity index (χ1) is 8.80. The van der Waals surface area contributed by atoms with Crippen LogP contribution in [0.2, 0.25) is 0 Å². The third-order valence-corrected chi connectivity index (χ3v) is 5.44. The highest BCUT2D eigenvalue weighted by atomic mass is 32.2. The smallest absolute Gasteiger partial charge is 0.243 e. The Labute approximate surface area is 116 Å². The fraction of sp³-hybridized carbons (Fsp3) is 0.571. The molecule has 0 aromatic heterocycles. The lowest BCUT2D eigenvalue weighted by Crippen LogP contribution is -2.38. The monoisotopic (exact) mass is 284 g/mol. The zero-order valence-corrected chi connectivity index (χ0v) is 13.2. The minimum absolute atomic E-state index is 0.0297. The van der Waals surface area contributed by atoms with Gasteiger partial charge in [-0.3, -0.25) is 0 Å². The minimum Gasteiger partial charge on any atom is -0.316 e. The molecular formula is C14H24N2O2S. The molecule has 0 aliphatic carbocycles. The lowest BCUT2D eigenvalue weighted by atomic mass is 10.1. The Bertz CT molecular complexity index is 512. The van der Waals surface area contributed by atoms with Crippen molar-refractivity contribution in [2.45, 2.75) is 38.3 Å².